The second-order valence-electron chi connectivity index (χ2n) is 7.93. The summed E-state index contributed by atoms with van der Waals surface area (Å²) in [4.78, 5) is 30.1. The predicted molar refractivity (Wildman–Crippen MR) is 135 cm³/mol. The van der Waals surface area contributed by atoms with Crippen LogP contribution >= 0.6 is 11.6 Å². The number of fused-ring (bicyclic) bond motifs is 1. The molecule has 3 aromatic carbocycles. The Balaban J connectivity index is 1.49. The van der Waals surface area contributed by atoms with Gasteiger partial charge in [-0.25, -0.2) is 4.98 Å². The van der Waals surface area contributed by atoms with Crippen LogP contribution in [-0.4, -0.2) is 29.9 Å². The van der Waals surface area contributed by atoms with Crippen LogP contribution in [0.3, 0.4) is 0 Å². The van der Waals surface area contributed by atoms with Crippen LogP contribution in [-0.2, 0) is 4.79 Å². The van der Waals surface area contributed by atoms with E-state index in [1.54, 1.807) is 18.2 Å². The van der Waals surface area contributed by atoms with Crippen LogP contribution in [0.4, 0.5) is 5.69 Å². The molecule has 0 saturated carbocycles. The molecule has 7 heteroatoms. The summed E-state index contributed by atoms with van der Waals surface area (Å²) >= 11 is 6.30. The van der Waals surface area contributed by atoms with Gasteiger partial charge in [0.05, 0.1) is 22.9 Å². The van der Waals surface area contributed by atoms with E-state index < -0.39 is 5.91 Å². The first-order chi connectivity index (χ1) is 16.5. The average molecular weight is 474 g/mol. The number of nitrogens with two attached hydrogens (primary N) is 1. The summed E-state index contributed by atoms with van der Waals surface area (Å²) < 4.78 is 5.96. The fourth-order valence-electron chi connectivity index (χ4n) is 3.78. The van der Waals surface area contributed by atoms with E-state index in [0.29, 0.717) is 36.0 Å². The van der Waals surface area contributed by atoms with Crippen molar-refractivity contribution in [2.24, 2.45) is 5.73 Å². The molecule has 1 aromatic heterocycles. The Bertz CT molecular complexity index is 1340. The summed E-state index contributed by atoms with van der Waals surface area (Å²) in [5.41, 5.74) is 8.71. The number of anilines is 1. The van der Waals surface area contributed by atoms with Gasteiger partial charge in [-0.3, -0.25) is 9.59 Å². The quantitative estimate of drug-likeness (QED) is 0.326. The zero-order chi connectivity index (χ0) is 24.1. The number of primary amides is 1. The molecule has 2 N–H and O–H groups in total. The molecule has 0 aliphatic carbocycles. The molecule has 1 atom stereocenters. The maximum atomic E-state index is 12.2. The van der Waals surface area contributed by atoms with Crippen LogP contribution < -0.4 is 15.4 Å². The highest BCUT2D eigenvalue weighted by atomic mass is 35.5. The zero-order valence-electron chi connectivity index (χ0n) is 18.6. The lowest BCUT2D eigenvalue weighted by atomic mass is 10.0. The van der Waals surface area contributed by atoms with Crippen molar-refractivity contribution in [1.82, 2.24) is 4.98 Å². The van der Waals surface area contributed by atoms with E-state index in [0.717, 1.165) is 22.0 Å². The third-order valence-corrected chi connectivity index (χ3v) is 5.88. The number of carbonyl (C=O) groups is 2. The first-order valence-corrected chi connectivity index (χ1v) is 11.3. The number of ether oxygens (including phenoxy) is 1. The lowest BCUT2D eigenvalue weighted by Crippen LogP contribution is -2.29. The van der Waals surface area contributed by atoms with E-state index in [1.165, 1.54) is 4.90 Å². The third-order valence-electron chi connectivity index (χ3n) is 5.55. The topological polar surface area (TPSA) is 85.5 Å². The molecule has 6 nitrogen and oxygen atoms in total. The Kier molecular flexibility index (Phi) is 7.09. The first-order valence-electron chi connectivity index (χ1n) is 10.9. The number of rotatable bonds is 9. The molecular weight excluding hydrogens is 450 g/mol. The van der Waals surface area contributed by atoms with Crippen molar-refractivity contribution >= 4 is 40.5 Å². The van der Waals surface area contributed by atoms with Gasteiger partial charge >= 0.3 is 0 Å². The van der Waals surface area contributed by atoms with Gasteiger partial charge < -0.3 is 15.4 Å². The van der Waals surface area contributed by atoms with Crippen molar-refractivity contribution in [3.05, 3.63) is 89.4 Å². The number of amides is 2. The summed E-state index contributed by atoms with van der Waals surface area (Å²) in [6.45, 7) is 2.25. The number of halogens is 1. The fourth-order valence-corrected chi connectivity index (χ4v) is 4.02. The normalized spacial score (nSPS) is 11.7. The third kappa shape index (κ3) is 5.18. The summed E-state index contributed by atoms with van der Waals surface area (Å²) in [6, 6.07) is 24.1. The highest BCUT2D eigenvalue weighted by molar-refractivity contribution is 6.33. The first kappa shape index (κ1) is 23.3. The van der Waals surface area contributed by atoms with Crippen molar-refractivity contribution in [2.75, 3.05) is 11.4 Å². The second-order valence-corrected chi connectivity index (χ2v) is 8.34. The molecule has 172 valence electrons. The van der Waals surface area contributed by atoms with E-state index in [1.807, 2.05) is 67.6 Å². The number of hydrogen-bond acceptors (Lipinski definition) is 4. The SMILES string of the molecule is CC(CCN(C=O)c1ccc(-c2ccccc2Cl)cc1C(N)=O)Oc1ccc2ccccc2n1. The Hall–Kier alpha value is -3.90. The number of hydrogen-bond donors (Lipinski definition) is 1. The summed E-state index contributed by atoms with van der Waals surface area (Å²) in [5, 5.41) is 1.60. The van der Waals surface area contributed by atoms with E-state index in [2.05, 4.69) is 4.98 Å². The molecule has 0 bridgehead atoms. The maximum absolute atomic E-state index is 12.2. The smallest absolute Gasteiger partial charge is 0.250 e. The fraction of sp³-hybridized carbons (Fsp3) is 0.148. The molecule has 0 spiro atoms. The van der Waals surface area contributed by atoms with Crippen molar-refractivity contribution < 1.29 is 14.3 Å². The minimum atomic E-state index is -0.625. The molecular formula is C27H24ClN3O3. The Labute approximate surface area is 202 Å². The van der Waals surface area contributed by atoms with Gasteiger partial charge in [0.1, 0.15) is 0 Å². The highest BCUT2D eigenvalue weighted by Gasteiger charge is 2.18. The van der Waals surface area contributed by atoms with Gasteiger partial charge in [0.2, 0.25) is 12.3 Å². The molecule has 4 aromatic rings. The van der Waals surface area contributed by atoms with Gasteiger partial charge in [-0.15, -0.1) is 0 Å². The Morgan fingerprint density at radius 3 is 2.62 bits per heavy atom. The van der Waals surface area contributed by atoms with Crippen molar-refractivity contribution in [3.8, 4) is 17.0 Å². The van der Waals surface area contributed by atoms with Crippen molar-refractivity contribution in [2.45, 2.75) is 19.4 Å². The summed E-state index contributed by atoms with van der Waals surface area (Å²) in [7, 11) is 0. The minimum Gasteiger partial charge on any atom is -0.475 e. The Morgan fingerprint density at radius 2 is 1.85 bits per heavy atom. The summed E-state index contributed by atoms with van der Waals surface area (Å²) in [6.07, 6.45) is 1.01. The van der Waals surface area contributed by atoms with Crippen LogP contribution in [0.25, 0.3) is 22.0 Å². The zero-order valence-corrected chi connectivity index (χ0v) is 19.4. The van der Waals surface area contributed by atoms with Crippen molar-refractivity contribution in [1.29, 1.82) is 0 Å². The van der Waals surface area contributed by atoms with Crippen LogP contribution in [0.5, 0.6) is 5.88 Å². The molecule has 2 amide bonds. The lowest BCUT2D eigenvalue weighted by Gasteiger charge is -2.23. The number of nitrogens with zero attached hydrogens (tertiary/aromatic N) is 2. The van der Waals surface area contributed by atoms with E-state index in [-0.39, 0.29) is 11.7 Å². The van der Waals surface area contributed by atoms with Crippen LogP contribution in [0.1, 0.15) is 23.7 Å². The average Bonchev–Trinajstić information content (AvgIpc) is 2.84. The van der Waals surface area contributed by atoms with Crippen molar-refractivity contribution in [3.63, 3.8) is 0 Å². The second kappa shape index (κ2) is 10.4. The molecule has 4 rings (SSSR count). The molecule has 0 aliphatic rings. The van der Waals surface area contributed by atoms with Crippen LogP contribution in [0.2, 0.25) is 5.02 Å². The Morgan fingerprint density at radius 1 is 1.09 bits per heavy atom. The van der Waals surface area contributed by atoms with E-state index in [4.69, 9.17) is 22.1 Å². The van der Waals surface area contributed by atoms with E-state index >= 15 is 0 Å². The summed E-state index contributed by atoms with van der Waals surface area (Å²) in [5.74, 6) is -0.105. The monoisotopic (exact) mass is 473 g/mol. The van der Waals surface area contributed by atoms with E-state index in [9.17, 15) is 9.59 Å². The van der Waals surface area contributed by atoms with Gasteiger partial charge in [0, 0.05) is 35.0 Å². The van der Waals surface area contributed by atoms with Gasteiger partial charge in [-0.1, -0.05) is 54.1 Å². The predicted octanol–water partition coefficient (Wildman–Crippen LogP) is 5.47. The van der Waals surface area contributed by atoms with Crippen LogP contribution in [0.15, 0.2) is 78.9 Å². The van der Waals surface area contributed by atoms with Gasteiger partial charge in [0.25, 0.3) is 5.91 Å². The van der Waals surface area contributed by atoms with Gasteiger partial charge in [0.15, 0.2) is 0 Å². The van der Waals surface area contributed by atoms with Crippen LogP contribution in [0, 0.1) is 0 Å². The molecule has 0 aliphatic heterocycles. The number of para-hydroxylation sites is 1. The number of pyridine rings is 1. The minimum absolute atomic E-state index is 0.212. The standard InChI is InChI=1S/C27H24ClN3O3/c1-18(34-26-13-11-19-6-2-5-9-24(19)30-26)14-15-31(17-32)25-12-10-20(16-22(25)27(29)33)21-7-3-4-8-23(21)28/h2-13,16-18H,14-15H2,1H3,(H2,29,33). The number of carbonyl (C=O) groups excluding carboxylic acids is 2. The van der Waals surface area contributed by atoms with Gasteiger partial charge in [-0.2, -0.15) is 0 Å². The molecule has 0 fully saturated rings. The molecule has 34 heavy (non-hydrogen) atoms. The number of aromatic nitrogens is 1. The molecule has 0 radical (unpaired) electrons. The highest BCUT2D eigenvalue weighted by Crippen LogP contribution is 2.31. The molecule has 0 saturated heterocycles. The lowest BCUT2D eigenvalue weighted by molar-refractivity contribution is -0.107. The maximum Gasteiger partial charge on any atom is 0.250 e. The largest absolute Gasteiger partial charge is 0.475 e. The number of benzene rings is 3. The molecule has 1 heterocycles. The molecule has 1 unspecified atom stereocenters. The van der Waals surface area contributed by atoms with Gasteiger partial charge in [-0.05, 0) is 42.8 Å².